The van der Waals surface area contributed by atoms with E-state index in [1.807, 2.05) is 0 Å². The van der Waals surface area contributed by atoms with Crippen LogP contribution in [0, 0.1) is 0 Å². The molecule has 0 bridgehead atoms. The molecule has 1 N–H and O–H groups in total. The number of rotatable bonds is 4. The number of carbonyl (C=O) groups is 1. The van der Waals surface area contributed by atoms with E-state index in [1.165, 1.54) is 4.90 Å². The fourth-order valence-corrected chi connectivity index (χ4v) is 3.98. The molecule has 1 heterocycles. The van der Waals surface area contributed by atoms with Gasteiger partial charge in [-0.15, -0.1) is 0 Å². The lowest BCUT2D eigenvalue weighted by Crippen LogP contribution is -2.45. The van der Waals surface area contributed by atoms with Crippen molar-refractivity contribution < 1.29 is 31.1 Å². The van der Waals surface area contributed by atoms with Crippen molar-refractivity contribution in [1.29, 1.82) is 0 Å². The summed E-state index contributed by atoms with van der Waals surface area (Å²) in [4.78, 5) is 14.7. The van der Waals surface area contributed by atoms with E-state index in [9.17, 15) is 31.1 Å². The molecule has 1 unspecified atom stereocenters. The lowest BCUT2D eigenvalue weighted by molar-refractivity contribution is -0.143. The minimum absolute atomic E-state index is 0.0418. The van der Waals surface area contributed by atoms with E-state index < -0.39 is 42.0 Å². The van der Waals surface area contributed by atoms with Gasteiger partial charge in [-0.25, -0.2) is 0 Å². The first-order valence-corrected chi connectivity index (χ1v) is 10.7. The zero-order chi connectivity index (χ0) is 24.6. The number of amides is 1. The molecule has 1 atom stereocenters. The number of nitrogens with zero attached hydrogens (tertiary/aromatic N) is 1. The smallest absolute Gasteiger partial charge is 0.368 e. The molecule has 3 rings (SSSR count). The first-order chi connectivity index (χ1) is 15.2. The summed E-state index contributed by atoms with van der Waals surface area (Å²) in [6.07, 6.45) is -9.59. The first kappa shape index (κ1) is 25.6. The Kier molecular flexibility index (Phi) is 7.50. The minimum atomic E-state index is -4.97. The van der Waals surface area contributed by atoms with Crippen molar-refractivity contribution in [2.75, 3.05) is 6.54 Å². The lowest BCUT2D eigenvalue weighted by atomic mass is 10.0. The Bertz CT molecular complexity index is 1040. The molecule has 1 aliphatic rings. The molecule has 2 aromatic carbocycles. The summed E-state index contributed by atoms with van der Waals surface area (Å²) in [6, 6.07) is 5.20. The Morgan fingerprint density at radius 3 is 2.09 bits per heavy atom. The van der Waals surface area contributed by atoms with Crippen molar-refractivity contribution in [3.05, 3.63) is 68.7 Å². The van der Waals surface area contributed by atoms with Crippen LogP contribution in [-0.2, 0) is 30.1 Å². The molecular weight excluding hydrogens is 513 g/mol. The van der Waals surface area contributed by atoms with Crippen LogP contribution in [0.25, 0.3) is 0 Å². The van der Waals surface area contributed by atoms with Crippen LogP contribution < -0.4 is 5.32 Å². The Hall–Kier alpha value is -2.04. The third kappa shape index (κ3) is 6.51. The Labute approximate surface area is 200 Å². The molecule has 0 aromatic heterocycles. The number of alkyl halides is 6. The van der Waals surface area contributed by atoms with Gasteiger partial charge in [0.25, 0.3) is 0 Å². The average molecular weight is 529 g/mol. The third-order valence-corrected chi connectivity index (χ3v) is 6.06. The molecule has 2 aromatic rings. The van der Waals surface area contributed by atoms with Gasteiger partial charge in [0.2, 0.25) is 5.91 Å². The molecule has 1 amide bonds. The fraction of sp³-hybridized carbons (Fsp3) is 0.333. The number of carbonyl (C=O) groups excluding carboxylic acids is 1. The van der Waals surface area contributed by atoms with E-state index in [2.05, 4.69) is 5.32 Å². The first-order valence-electron chi connectivity index (χ1n) is 9.54. The Morgan fingerprint density at radius 2 is 1.55 bits per heavy atom. The highest BCUT2D eigenvalue weighted by Crippen LogP contribution is 2.36. The average Bonchev–Trinajstić information content (AvgIpc) is 2.83. The summed E-state index contributed by atoms with van der Waals surface area (Å²) < 4.78 is 79.1. The summed E-state index contributed by atoms with van der Waals surface area (Å²) in [7, 11) is 0. The van der Waals surface area contributed by atoms with Crippen LogP contribution >= 0.6 is 35.4 Å². The van der Waals surface area contributed by atoms with Crippen molar-refractivity contribution in [2.24, 2.45) is 0 Å². The second kappa shape index (κ2) is 9.68. The maximum Gasteiger partial charge on any atom is 0.416 e. The number of hydrogen-bond acceptors (Lipinski definition) is 2. The van der Waals surface area contributed by atoms with Gasteiger partial charge in [-0.2, -0.15) is 26.3 Å². The molecule has 3 nitrogen and oxygen atoms in total. The van der Waals surface area contributed by atoms with E-state index in [0.717, 1.165) is 0 Å². The van der Waals surface area contributed by atoms with E-state index in [-0.39, 0.29) is 36.0 Å². The molecule has 33 heavy (non-hydrogen) atoms. The summed E-state index contributed by atoms with van der Waals surface area (Å²) in [5.74, 6) is -0.508. The highest BCUT2D eigenvalue weighted by atomic mass is 35.5. The maximum absolute atomic E-state index is 13.2. The SMILES string of the molecule is O=C1C(Cc2ccc(Cl)c(Cl)c2)NC(=S)CCN1Cc1cc(C(F)(F)F)cc(C(F)(F)F)c1. The minimum Gasteiger partial charge on any atom is -0.368 e. The van der Waals surface area contributed by atoms with Gasteiger partial charge < -0.3 is 10.2 Å². The van der Waals surface area contributed by atoms with E-state index in [0.29, 0.717) is 27.7 Å². The highest BCUT2D eigenvalue weighted by Gasteiger charge is 2.37. The lowest BCUT2D eigenvalue weighted by Gasteiger charge is -2.25. The molecule has 0 saturated carbocycles. The van der Waals surface area contributed by atoms with Crippen molar-refractivity contribution in [2.45, 2.75) is 37.8 Å². The molecule has 1 fully saturated rings. The van der Waals surface area contributed by atoms with Gasteiger partial charge in [0, 0.05) is 25.9 Å². The van der Waals surface area contributed by atoms with Crippen LogP contribution in [0.5, 0.6) is 0 Å². The van der Waals surface area contributed by atoms with Gasteiger partial charge in [-0.1, -0.05) is 41.5 Å². The Balaban J connectivity index is 1.89. The van der Waals surface area contributed by atoms with Crippen molar-refractivity contribution >= 4 is 46.3 Å². The maximum atomic E-state index is 13.2. The monoisotopic (exact) mass is 528 g/mol. The van der Waals surface area contributed by atoms with E-state index >= 15 is 0 Å². The largest absolute Gasteiger partial charge is 0.416 e. The molecule has 0 spiro atoms. The van der Waals surface area contributed by atoms with Gasteiger partial charge in [0.15, 0.2) is 0 Å². The van der Waals surface area contributed by atoms with Crippen LogP contribution in [0.2, 0.25) is 10.0 Å². The molecule has 12 heteroatoms. The van der Waals surface area contributed by atoms with Crippen molar-refractivity contribution in [3.8, 4) is 0 Å². The van der Waals surface area contributed by atoms with Gasteiger partial charge in [-0.3, -0.25) is 4.79 Å². The topological polar surface area (TPSA) is 32.3 Å². The molecular formula is C21H16Cl2F6N2OS. The fourth-order valence-electron chi connectivity index (χ4n) is 3.42. The van der Waals surface area contributed by atoms with Crippen LogP contribution in [0.3, 0.4) is 0 Å². The highest BCUT2D eigenvalue weighted by molar-refractivity contribution is 7.80. The Morgan fingerprint density at radius 1 is 0.939 bits per heavy atom. The summed E-state index contributed by atoms with van der Waals surface area (Å²) in [5.41, 5.74) is -2.50. The second-order valence-electron chi connectivity index (χ2n) is 7.50. The number of nitrogens with one attached hydrogen (secondary N) is 1. The van der Waals surface area contributed by atoms with Gasteiger partial charge >= 0.3 is 12.4 Å². The molecule has 0 aliphatic carbocycles. The number of halogens is 8. The second-order valence-corrected chi connectivity index (χ2v) is 8.80. The zero-order valence-corrected chi connectivity index (χ0v) is 19.0. The van der Waals surface area contributed by atoms with Gasteiger partial charge in [-0.05, 0) is 41.5 Å². The van der Waals surface area contributed by atoms with E-state index in [1.54, 1.807) is 18.2 Å². The standard InChI is InChI=1S/C21H16Cl2F6N2OS/c22-15-2-1-11(7-16(15)23)8-17-19(32)31(4-3-18(33)30-17)10-12-5-13(20(24,25)26)9-14(6-12)21(27,28)29/h1-2,5-7,9,17H,3-4,8,10H2,(H,30,33). The van der Waals surface area contributed by atoms with E-state index in [4.69, 9.17) is 35.4 Å². The summed E-state index contributed by atoms with van der Waals surface area (Å²) >= 11 is 17.1. The quantitative estimate of drug-likeness (QED) is 0.373. The van der Waals surface area contributed by atoms with Crippen LogP contribution in [0.15, 0.2) is 36.4 Å². The predicted octanol–water partition coefficient (Wildman–Crippen LogP) is 6.29. The zero-order valence-electron chi connectivity index (χ0n) is 16.7. The number of benzene rings is 2. The van der Waals surface area contributed by atoms with Crippen molar-refractivity contribution in [3.63, 3.8) is 0 Å². The van der Waals surface area contributed by atoms with Crippen LogP contribution in [-0.4, -0.2) is 28.4 Å². The predicted molar refractivity (Wildman–Crippen MR) is 116 cm³/mol. The normalized spacial score (nSPS) is 17.7. The number of thiocarbonyl (C=S) groups is 1. The number of hydrogen-bond donors (Lipinski definition) is 1. The van der Waals surface area contributed by atoms with Crippen molar-refractivity contribution in [1.82, 2.24) is 10.2 Å². The third-order valence-electron chi connectivity index (χ3n) is 5.00. The molecule has 178 valence electrons. The molecule has 0 radical (unpaired) electrons. The van der Waals surface area contributed by atoms with Crippen LogP contribution in [0.1, 0.15) is 28.7 Å². The summed E-state index contributed by atoms with van der Waals surface area (Å²) in [5, 5.41) is 3.50. The molecule has 1 aliphatic heterocycles. The van der Waals surface area contributed by atoms with Gasteiger partial charge in [0.1, 0.15) is 6.04 Å². The molecule has 1 saturated heterocycles. The summed E-state index contributed by atoms with van der Waals surface area (Å²) in [6.45, 7) is -0.395. The van der Waals surface area contributed by atoms with Gasteiger partial charge in [0.05, 0.1) is 26.2 Å². The van der Waals surface area contributed by atoms with Crippen LogP contribution in [0.4, 0.5) is 26.3 Å².